The molecule has 1 saturated carbocycles. The monoisotopic (exact) mass is 377 g/mol. The number of rotatable bonds is 8. The van der Waals surface area contributed by atoms with Crippen molar-refractivity contribution in [3.63, 3.8) is 0 Å². The number of carbonyl (C=O) groups is 1. The van der Waals surface area contributed by atoms with Crippen LogP contribution in [0.3, 0.4) is 0 Å². The summed E-state index contributed by atoms with van der Waals surface area (Å²) in [5.74, 6) is 0.213. The van der Waals surface area contributed by atoms with E-state index in [0.29, 0.717) is 29.4 Å². The summed E-state index contributed by atoms with van der Waals surface area (Å²) in [6, 6.07) is 6.89. The summed E-state index contributed by atoms with van der Waals surface area (Å²) >= 11 is 5.59. The van der Waals surface area contributed by atoms with Crippen molar-refractivity contribution in [2.75, 3.05) is 20.1 Å². The predicted octanol–water partition coefficient (Wildman–Crippen LogP) is 2.97. The van der Waals surface area contributed by atoms with Gasteiger partial charge in [-0.2, -0.15) is 5.10 Å². The molecule has 1 aliphatic rings. The summed E-state index contributed by atoms with van der Waals surface area (Å²) in [6.45, 7) is 3.31. The molecule has 3 rings (SSSR count). The molecule has 140 valence electrons. The van der Waals surface area contributed by atoms with Gasteiger partial charge in [0.05, 0.1) is 18.8 Å². The van der Waals surface area contributed by atoms with Crippen LogP contribution in [-0.2, 0) is 11.5 Å². The lowest BCUT2D eigenvalue weighted by molar-refractivity contribution is -0.122. The standard InChI is InChI=1S/C18H24FN5OS/c1-3-10-20-16(25)11-22(2)12-23-18(26)24(13-8-9-13)17(21-23)14-6-4-5-7-15(14)19/h4-7,13H,3,8-12H2,1-2H3,(H,20,25). The highest BCUT2D eigenvalue weighted by Crippen LogP contribution is 2.38. The Morgan fingerprint density at radius 2 is 2.15 bits per heavy atom. The van der Waals surface area contributed by atoms with Crippen molar-refractivity contribution in [2.45, 2.75) is 38.9 Å². The van der Waals surface area contributed by atoms with E-state index in [1.807, 2.05) is 23.4 Å². The second-order valence-electron chi connectivity index (χ2n) is 6.69. The van der Waals surface area contributed by atoms with Gasteiger partial charge >= 0.3 is 0 Å². The second-order valence-corrected chi connectivity index (χ2v) is 7.06. The molecule has 1 aromatic carbocycles. The molecule has 0 bridgehead atoms. The van der Waals surface area contributed by atoms with E-state index in [1.54, 1.807) is 22.9 Å². The first-order chi connectivity index (χ1) is 12.5. The Balaban J connectivity index is 1.83. The average Bonchev–Trinajstić information content (AvgIpc) is 3.39. The Labute approximate surface area is 157 Å². The van der Waals surface area contributed by atoms with Crippen molar-refractivity contribution in [2.24, 2.45) is 0 Å². The molecule has 6 nitrogen and oxygen atoms in total. The van der Waals surface area contributed by atoms with E-state index < -0.39 is 0 Å². The molecule has 1 aliphatic carbocycles. The van der Waals surface area contributed by atoms with Crippen LogP contribution in [0.1, 0.15) is 32.2 Å². The summed E-state index contributed by atoms with van der Waals surface area (Å²) in [7, 11) is 1.84. The van der Waals surface area contributed by atoms with E-state index >= 15 is 0 Å². The molecule has 2 aromatic rings. The molecule has 0 spiro atoms. The number of likely N-dealkylation sites (N-methyl/N-ethyl adjacent to an activating group) is 1. The predicted molar refractivity (Wildman–Crippen MR) is 101 cm³/mol. The lowest BCUT2D eigenvalue weighted by atomic mass is 10.2. The van der Waals surface area contributed by atoms with E-state index in [4.69, 9.17) is 12.2 Å². The highest BCUT2D eigenvalue weighted by Gasteiger charge is 2.30. The zero-order valence-corrected chi connectivity index (χ0v) is 15.9. The summed E-state index contributed by atoms with van der Waals surface area (Å²) < 4.78 is 18.4. The molecule has 26 heavy (non-hydrogen) atoms. The number of aromatic nitrogens is 3. The van der Waals surface area contributed by atoms with Gasteiger partial charge in [0.1, 0.15) is 5.82 Å². The molecule has 0 radical (unpaired) electrons. The Morgan fingerprint density at radius 3 is 2.81 bits per heavy atom. The Morgan fingerprint density at radius 1 is 1.42 bits per heavy atom. The van der Waals surface area contributed by atoms with E-state index in [9.17, 15) is 9.18 Å². The molecule has 0 unspecified atom stereocenters. The average molecular weight is 377 g/mol. The van der Waals surface area contributed by atoms with Gasteiger partial charge in [-0.25, -0.2) is 9.07 Å². The van der Waals surface area contributed by atoms with Crippen LogP contribution in [0.15, 0.2) is 24.3 Å². The van der Waals surface area contributed by atoms with E-state index in [1.165, 1.54) is 6.07 Å². The number of hydrogen-bond acceptors (Lipinski definition) is 4. The number of hydrogen-bond donors (Lipinski definition) is 1. The van der Waals surface area contributed by atoms with Crippen molar-refractivity contribution in [3.8, 4) is 11.4 Å². The zero-order chi connectivity index (χ0) is 18.7. The van der Waals surface area contributed by atoms with Gasteiger partial charge in [-0.05, 0) is 50.7 Å². The number of carbonyl (C=O) groups excluding carboxylic acids is 1. The third-order valence-corrected chi connectivity index (χ3v) is 4.67. The summed E-state index contributed by atoms with van der Waals surface area (Å²) in [5, 5.41) is 7.42. The normalized spacial score (nSPS) is 14.0. The molecule has 1 amide bonds. The molecular formula is C18H24FN5OS. The van der Waals surface area contributed by atoms with Crippen molar-refractivity contribution in [1.29, 1.82) is 0 Å². The minimum atomic E-state index is -0.311. The Hall–Kier alpha value is -2.06. The van der Waals surface area contributed by atoms with E-state index in [2.05, 4.69) is 10.4 Å². The lowest BCUT2D eigenvalue weighted by Crippen LogP contribution is -2.36. The maximum absolute atomic E-state index is 14.3. The number of nitrogens with zero attached hydrogens (tertiary/aromatic N) is 4. The number of amides is 1. The van der Waals surface area contributed by atoms with Crippen molar-refractivity contribution < 1.29 is 9.18 Å². The van der Waals surface area contributed by atoms with Crippen LogP contribution in [0.2, 0.25) is 0 Å². The topological polar surface area (TPSA) is 55.1 Å². The second kappa shape index (κ2) is 8.09. The summed E-state index contributed by atoms with van der Waals surface area (Å²) in [5.41, 5.74) is 0.451. The summed E-state index contributed by atoms with van der Waals surface area (Å²) in [4.78, 5) is 13.7. The molecular weight excluding hydrogens is 353 g/mol. The van der Waals surface area contributed by atoms with Gasteiger partial charge in [0.25, 0.3) is 0 Å². The van der Waals surface area contributed by atoms with E-state index in [-0.39, 0.29) is 24.3 Å². The molecule has 1 heterocycles. The van der Waals surface area contributed by atoms with Gasteiger partial charge < -0.3 is 5.32 Å². The van der Waals surface area contributed by atoms with Crippen molar-refractivity contribution >= 4 is 18.1 Å². The number of benzene rings is 1. The fourth-order valence-corrected chi connectivity index (χ4v) is 3.18. The van der Waals surface area contributed by atoms with Crippen LogP contribution in [-0.4, -0.2) is 45.3 Å². The molecule has 1 N–H and O–H groups in total. The molecule has 1 fully saturated rings. The smallest absolute Gasteiger partial charge is 0.234 e. The first-order valence-corrected chi connectivity index (χ1v) is 9.31. The highest BCUT2D eigenvalue weighted by atomic mass is 32.1. The fourth-order valence-electron chi connectivity index (χ4n) is 2.84. The first-order valence-electron chi connectivity index (χ1n) is 8.90. The minimum Gasteiger partial charge on any atom is -0.355 e. The van der Waals surface area contributed by atoms with Crippen LogP contribution in [0.4, 0.5) is 4.39 Å². The zero-order valence-electron chi connectivity index (χ0n) is 15.1. The van der Waals surface area contributed by atoms with Crippen LogP contribution in [0.5, 0.6) is 0 Å². The maximum Gasteiger partial charge on any atom is 0.234 e. The Bertz CT molecular complexity index is 842. The molecule has 8 heteroatoms. The number of nitrogens with one attached hydrogen (secondary N) is 1. The van der Waals surface area contributed by atoms with Crippen molar-refractivity contribution in [1.82, 2.24) is 24.6 Å². The third kappa shape index (κ3) is 4.19. The van der Waals surface area contributed by atoms with E-state index in [0.717, 1.165) is 19.3 Å². The largest absolute Gasteiger partial charge is 0.355 e. The van der Waals surface area contributed by atoms with Crippen LogP contribution in [0.25, 0.3) is 11.4 Å². The van der Waals surface area contributed by atoms with Gasteiger partial charge in [-0.3, -0.25) is 14.3 Å². The highest BCUT2D eigenvalue weighted by molar-refractivity contribution is 7.71. The fraction of sp³-hybridized carbons (Fsp3) is 0.500. The lowest BCUT2D eigenvalue weighted by Gasteiger charge is -2.15. The molecule has 0 atom stereocenters. The third-order valence-electron chi connectivity index (χ3n) is 4.26. The first kappa shape index (κ1) is 18.7. The van der Waals surface area contributed by atoms with Gasteiger partial charge in [0.15, 0.2) is 10.6 Å². The van der Waals surface area contributed by atoms with Gasteiger partial charge in [0.2, 0.25) is 5.91 Å². The molecule has 0 saturated heterocycles. The van der Waals surface area contributed by atoms with Crippen LogP contribution < -0.4 is 5.32 Å². The minimum absolute atomic E-state index is 0.0307. The summed E-state index contributed by atoms with van der Waals surface area (Å²) in [6.07, 6.45) is 2.95. The van der Waals surface area contributed by atoms with Crippen molar-refractivity contribution in [3.05, 3.63) is 34.9 Å². The number of halogens is 1. The molecule has 0 aliphatic heterocycles. The quantitative estimate of drug-likeness (QED) is 0.719. The Kier molecular flexibility index (Phi) is 5.83. The SMILES string of the molecule is CCCNC(=O)CN(C)Cn1nc(-c2ccccc2F)n(C2CC2)c1=S. The van der Waals surface area contributed by atoms with Gasteiger partial charge in [-0.1, -0.05) is 19.1 Å². The van der Waals surface area contributed by atoms with Crippen LogP contribution in [0, 0.1) is 10.6 Å². The van der Waals surface area contributed by atoms with Gasteiger partial charge in [-0.15, -0.1) is 0 Å². The van der Waals surface area contributed by atoms with Crippen LogP contribution >= 0.6 is 12.2 Å². The van der Waals surface area contributed by atoms with Gasteiger partial charge in [0, 0.05) is 12.6 Å². The molecule has 1 aromatic heterocycles. The maximum atomic E-state index is 14.3.